The van der Waals surface area contributed by atoms with Gasteiger partial charge in [0.2, 0.25) is 0 Å². The molecule has 0 aromatic carbocycles. The summed E-state index contributed by atoms with van der Waals surface area (Å²) < 4.78 is 17.2. The van der Waals surface area contributed by atoms with E-state index in [0.717, 1.165) is 38.3 Å². The van der Waals surface area contributed by atoms with E-state index in [1.165, 1.54) is 17.2 Å². The van der Waals surface area contributed by atoms with Crippen LogP contribution >= 0.6 is 0 Å². The van der Waals surface area contributed by atoms with Crippen LogP contribution in [0.25, 0.3) is 0 Å². The number of carbonyl (C=O) groups excluding carboxylic acids is 1. The summed E-state index contributed by atoms with van der Waals surface area (Å²) >= 11 is 0. The number of hydrogen-bond acceptors (Lipinski definition) is 5. The van der Waals surface area contributed by atoms with Gasteiger partial charge in [-0.15, -0.1) is 0 Å². The van der Waals surface area contributed by atoms with Crippen LogP contribution in [0.2, 0.25) is 25.7 Å². The minimum absolute atomic E-state index is 0.0337. The topological polar surface area (TPSA) is 70.8 Å². The van der Waals surface area contributed by atoms with Crippen molar-refractivity contribution >= 4 is 14.0 Å². The number of ether oxygens (including phenoxy) is 3. The van der Waals surface area contributed by atoms with Crippen LogP contribution in [0.4, 0.5) is 0 Å². The van der Waals surface area contributed by atoms with Crippen molar-refractivity contribution in [3.05, 3.63) is 59.8 Å². The molecule has 0 aliphatic rings. The van der Waals surface area contributed by atoms with E-state index in [4.69, 9.17) is 19.9 Å². The molecule has 0 radical (unpaired) electrons. The van der Waals surface area contributed by atoms with Crippen molar-refractivity contribution in [3.63, 3.8) is 0 Å². The van der Waals surface area contributed by atoms with Crippen LogP contribution in [0.3, 0.4) is 0 Å². The molecule has 0 bridgehead atoms. The van der Waals surface area contributed by atoms with Crippen molar-refractivity contribution in [2.45, 2.75) is 105 Å². The maximum absolute atomic E-state index is 11.9. The average Bonchev–Trinajstić information content (AvgIpc) is 2.83. The molecule has 38 heavy (non-hydrogen) atoms. The highest BCUT2D eigenvalue weighted by atomic mass is 28.3. The van der Waals surface area contributed by atoms with Crippen molar-refractivity contribution in [2.24, 2.45) is 17.6 Å². The van der Waals surface area contributed by atoms with E-state index in [0.29, 0.717) is 19.1 Å². The van der Waals surface area contributed by atoms with Crippen molar-refractivity contribution in [2.75, 3.05) is 19.8 Å². The van der Waals surface area contributed by atoms with Crippen LogP contribution in [-0.2, 0) is 19.0 Å². The highest BCUT2D eigenvalue weighted by molar-refractivity contribution is 6.76. The summed E-state index contributed by atoms with van der Waals surface area (Å²) in [6.07, 6.45) is 19.7. The predicted molar refractivity (Wildman–Crippen MR) is 166 cm³/mol. The zero-order valence-corrected chi connectivity index (χ0v) is 26.8. The molecule has 0 saturated heterocycles. The molecule has 0 spiro atoms. The maximum atomic E-state index is 11.9. The number of allylic oxidation sites excluding steroid dienone is 7. The third-order valence-electron chi connectivity index (χ3n) is 6.21. The number of hydrogen-bond donors (Lipinski definition) is 1. The van der Waals surface area contributed by atoms with E-state index in [1.54, 1.807) is 6.08 Å². The molecule has 5 nitrogen and oxygen atoms in total. The van der Waals surface area contributed by atoms with Gasteiger partial charge in [-0.25, -0.2) is 4.79 Å². The highest BCUT2D eigenvalue weighted by Crippen LogP contribution is 2.20. The van der Waals surface area contributed by atoms with Crippen LogP contribution in [0.5, 0.6) is 0 Å². The van der Waals surface area contributed by atoms with E-state index < -0.39 is 8.07 Å². The second-order valence-electron chi connectivity index (χ2n) is 11.6. The molecule has 0 fully saturated rings. The molecule has 6 heteroatoms. The summed E-state index contributed by atoms with van der Waals surface area (Å²) in [4.78, 5) is 11.9. The smallest absolute Gasteiger partial charge is 0.330 e. The van der Waals surface area contributed by atoms with E-state index in [-0.39, 0.29) is 24.3 Å². The standard InChI is InChI=1S/C32H57NO4Si/c1-10-35-30(6)37-31(29(5)18-14-15-19-32(34)36-22-23-38(7,8)9)21-20-27(3)24-26(2)16-12-11-13-17-28(4)25-33/h11-12,14-16,18-20,28-31H,10,13,17,21-25,33H2,1-9H3/b12-11+,18-14+,19-15+,26-16+,27-20+/t28-,29-,30?,31-/m0/s1. The molecule has 0 rings (SSSR count). The zero-order valence-electron chi connectivity index (χ0n) is 25.8. The maximum Gasteiger partial charge on any atom is 0.330 e. The van der Waals surface area contributed by atoms with E-state index in [2.05, 4.69) is 77.7 Å². The largest absolute Gasteiger partial charge is 0.463 e. The van der Waals surface area contributed by atoms with Gasteiger partial charge in [-0.1, -0.05) is 87.2 Å². The molecule has 218 valence electrons. The first kappa shape index (κ1) is 36.3. The molecule has 0 aliphatic heterocycles. The van der Waals surface area contributed by atoms with Crippen LogP contribution in [-0.4, -0.2) is 46.2 Å². The lowest BCUT2D eigenvalue weighted by Crippen LogP contribution is -2.27. The summed E-state index contributed by atoms with van der Waals surface area (Å²) in [5.74, 6) is 0.426. The van der Waals surface area contributed by atoms with Gasteiger partial charge in [-0.3, -0.25) is 0 Å². The third-order valence-corrected chi connectivity index (χ3v) is 7.91. The minimum atomic E-state index is -1.20. The lowest BCUT2D eigenvalue weighted by Gasteiger charge is -2.25. The van der Waals surface area contributed by atoms with E-state index in [1.807, 2.05) is 19.9 Å². The molecular weight excluding hydrogens is 490 g/mol. The van der Waals surface area contributed by atoms with E-state index in [9.17, 15) is 4.79 Å². The van der Waals surface area contributed by atoms with E-state index >= 15 is 0 Å². The Labute approximate surface area is 235 Å². The fourth-order valence-electron chi connectivity index (χ4n) is 3.63. The number of nitrogens with two attached hydrogens (primary N) is 1. The van der Waals surface area contributed by atoms with Crippen molar-refractivity contribution < 1.29 is 19.0 Å². The Bertz CT molecular complexity index is 792. The van der Waals surface area contributed by atoms with Crippen molar-refractivity contribution in [1.29, 1.82) is 0 Å². The Kier molecular flexibility index (Phi) is 20.2. The van der Waals surface area contributed by atoms with Gasteiger partial charge in [0.15, 0.2) is 6.29 Å². The number of rotatable bonds is 20. The van der Waals surface area contributed by atoms with Gasteiger partial charge in [0.05, 0.1) is 12.7 Å². The Hall–Kier alpha value is -1.73. The summed E-state index contributed by atoms with van der Waals surface area (Å²) in [6, 6.07) is 0.976. The van der Waals surface area contributed by atoms with Crippen LogP contribution in [0.15, 0.2) is 59.8 Å². The van der Waals surface area contributed by atoms with Gasteiger partial charge in [-0.2, -0.15) is 0 Å². The third kappa shape index (κ3) is 21.2. The molecule has 0 heterocycles. The number of carbonyl (C=O) groups is 1. The molecule has 1 unspecified atom stereocenters. The average molecular weight is 548 g/mol. The second-order valence-corrected chi connectivity index (χ2v) is 17.2. The summed E-state index contributed by atoms with van der Waals surface area (Å²) in [5, 5.41) is 0. The SMILES string of the molecule is CCOC(C)O[C@@H](C/C=C(\C)C/C(C)=C/C=C/CC[C@H](C)CN)[C@@H](C)/C=C/C=C/C(=O)OCC[Si](C)(C)C. The van der Waals surface area contributed by atoms with Gasteiger partial charge in [0.1, 0.15) is 0 Å². The normalized spacial score (nSPS) is 16.9. The lowest BCUT2D eigenvalue weighted by atomic mass is 9.98. The van der Waals surface area contributed by atoms with Crippen molar-refractivity contribution in [1.82, 2.24) is 0 Å². The van der Waals surface area contributed by atoms with Gasteiger partial charge >= 0.3 is 5.97 Å². The van der Waals surface area contributed by atoms with Crippen LogP contribution in [0.1, 0.15) is 67.2 Å². The van der Waals surface area contributed by atoms with Gasteiger partial charge in [0.25, 0.3) is 0 Å². The first-order valence-electron chi connectivity index (χ1n) is 14.3. The molecule has 4 atom stereocenters. The summed E-state index contributed by atoms with van der Waals surface area (Å²) in [6.45, 7) is 21.2. The monoisotopic (exact) mass is 547 g/mol. The molecule has 2 N–H and O–H groups in total. The van der Waals surface area contributed by atoms with Gasteiger partial charge < -0.3 is 19.9 Å². The first-order chi connectivity index (χ1) is 17.9. The molecule has 0 saturated carbocycles. The molecule has 0 aliphatic carbocycles. The first-order valence-corrected chi connectivity index (χ1v) is 18.0. The lowest BCUT2D eigenvalue weighted by molar-refractivity contribution is -0.163. The molecule has 0 aromatic rings. The van der Waals surface area contributed by atoms with Crippen LogP contribution in [0, 0.1) is 11.8 Å². The summed E-state index contributed by atoms with van der Waals surface area (Å²) in [7, 11) is -1.20. The number of esters is 1. The minimum Gasteiger partial charge on any atom is -0.463 e. The fourth-order valence-corrected chi connectivity index (χ4v) is 4.35. The zero-order chi connectivity index (χ0) is 29.0. The van der Waals surface area contributed by atoms with Gasteiger partial charge in [-0.05, 0) is 71.9 Å². The fraction of sp³-hybridized carbons (Fsp3) is 0.656. The quantitative estimate of drug-likeness (QED) is 0.0418. The second kappa shape index (κ2) is 21.1. The Morgan fingerprint density at radius 2 is 1.74 bits per heavy atom. The Morgan fingerprint density at radius 1 is 1.03 bits per heavy atom. The van der Waals surface area contributed by atoms with Crippen LogP contribution < -0.4 is 5.73 Å². The van der Waals surface area contributed by atoms with Crippen molar-refractivity contribution in [3.8, 4) is 0 Å². The summed E-state index contributed by atoms with van der Waals surface area (Å²) in [5.41, 5.74) is 8.33. The predicted octanol–water partition coefficient (Wildman–Crippen LogP) is 7.99. The highest BCUT2D eigenvalue weighted by Gasteiger charge is 2.18. The molecule has 0 aromatic heterocycles. The van der Waals surface area contributed by atoms with Gasteiger partial charge in [0, 0.05) is 26.7 Å². The molecular formula is C32H57NO4Si. The Morgan fingerprint density at radius 3 is 2.37 bits per heavy atom. The Balaban J connectivity index is 4.97. The molecule has 0 amide bonds.